The molecular weight excluding hydrogens is 543 g/mol. The van der Waals surface area contributed by atoms with Crippen molar-refractivity contribution in [3.05, 3.63) is 100 Å². The number of halogens is 3. The molecule has 0 unspecified atom stereocenters. The molecule has 6 rings (SSSR count). The van der Waals surface area contributed by atoms with E-state index >= 15 is 0 Å². The Morgan fingerprint density at radius 1 is 1.05 bits per heavy atom. The van der Waals surface area contributed by atoms with Crippen LogP contribution in [-0.2, 0) is 32.6 Å². The van der Waals surface area contributed by atoms with Crippen LogP contribution in [0.3, 0.4) is 0 Å². The lowest BCUT2D eigenvalue weighted by atomic mass is 9.99. The molecule has 3 N–H and O–H groups in total. The summed E-state index contributed by atoms with van der Waals surface area (Å²) in [6.45, 7) is 3.70. The predicted molar refractivity (Wildman–Crippen MR) is 155 cm³/mol. The van der Waals surface area contributed by atoms with E-state index in [-0.39, 0.29) is 12.2 Å². The van der Waals surface area contributed by atoms with Crippen molar-refractivity contribution in [3.8, 4) is 0 Å². The minimum atomic E-state index is -4.47. The van der Waals surface area contributed by atoms with E-state index in [1.807, 2.05) is 13.0 Å². The van der Waals surface area contributed by atoms with Gasteiger partial charge in [0.25, 0.3) is 0 Å². The predicted octanol–water partition coefficient (Wildman–Crippen LogP) is 6.25. The maximum atomic E-state index is 13.1. The Labute approximate surface area is 240 Å². The maximum absolute atomic E-state index is 13.1. The van der Waals surface area contributed by atoms with Gasteiger partial charge in [-0.15, -0.1) is 0 Å². The minimum Gasteiger partial charge on any atom is -0.338 e. The van der Waals surface area contributed by atoms with Crippen molar-refractivity contribution in [1.82, 2.24) is 25.1 Å². The highest BCUT2D eigenvalue weighted by molar-refractivity contribution is 5.99. The van der Waals surface area contributed by atoms with E-state index < -0.39 is 11.7 Å². The number of ketones is 1. The summed E-state index contributed by atoms with van der Waals surface area (Å²) in [4.78, 5) is 22.2. The van der Waals surface area contributed by atoms with Crippen LogP contribution >= 0.6 is 0 Å². The van der Waals surface area contributed by atoms with Crippen molar-refractivity contribution in [2.75, 3.05) is 17.2 Å². The van der Waals surface area contributed by atoms with Gasteiger partial charge < -0.3 is 16.0 Å². The highest BCUT2D eigenvalue weighted by Crippen LogP contribution is 2.31. The number of Topliss-reactive ketones (excluding diaryl/α,β-unsaturated/α-hetero) is 1. The molecule has 1 aliphatic heterocycles. The third kappa shape index (κ3) is 5.68. The molecule has 0 fully saturated rings. The zero-order chi connectivity index (χ0) is 29.4. The second-order valence-corrected chi connectivity index (χ2v) is 10.4. The van der Waals surface area contributed by atoms with Crippen LogP contribution in [-0.4, -0.2) is 32.1 Å². The van der Waals surface area contributed by atoms with Crippen LogP contribution in [0, 0.1) is 6.92 Å². The van der Waals surface area contributed by atoms with Gasteiger partial charge in [-0.05, 0) is 66.4 Å². The second kappa shape index (κ2) is 10.9. The fraction of sp³-hybridized carbons (Fsp3) is 0.226. The van der Waals surface area contributed by atoms with Crippen LogP contribution in [0.25, 0.3) is 11.0 Å². The summed E-state index contributed by atoms with van der Waals surface area (Å²) in [5, 5.41) is 15.2. The van der Waals surface area contributed by atoms with Gasteiger partial charge in [0.15, 0.2) is 17.2 Å². The summed E-state index contributed by atoms with van der Waals surface area (Å²) in [5.41, 5.74) is 5.53. The van der Waals surface area contributed by atoms with Gasteiger partial charge in [0, 0.05) is 43.1 Å². The van der Waals surface area contributed by atoms with Crippen LogP contribution in [0.1, 0.15) is 38.2 Å². The SMILES string of the molecule is Cc1ccc(C(=O)Cc2cccc(C(F)(F)F)c2)cc1Nc1nn(C)c2nc(Nc3ccc4c(c3)CNCC4)ncc12. The molecule has 11 heteroatoms. The second-order valence-electron chi connectivity index (χ2n) is 10.4. The zero-order valence-corrected chi connectivity index (χ0v) is 23.0. The summed E-state index contributed by atoms with van der Waals surface area (Å²) in [5.74, 6) is 0.670. The Kier molecular flexibility index (Phi) is 7.11. The average Bonchev–Trinajstić information content (AvgIpc) is 3.28. The first-order chi connectivity index (χ1) is 20.1. The van der Waals surface area contributed by atoms with Gasteiger partial charge in [-0.3, -0.25) is 4.79 Å². The summed E-state index contributed by atoms with van der Waals surface area (Å²) >= 11 is 0. The van der Waals surface area contributed by atoms with Gasteiger partial charge in [-0.1, -0.05) is 36.4 Å². The third-order valence-electron chi connectivity index (χ3n) is 7.36. The monoisotopic (exact) mass is 571 g/mol. The first kappa shape index (κ1) is 27.4. The third-order valence-corrected chi connectivity index (χ3v) is 7.36. The number of aryl methyl sites for hydroxylation is 2. The number of hydrogen-bond donors (Lipinski definition) is 3. The number of carbonyl (C=O) groups is 1. The molecule has 5 aromatic rings. The van der Waals surface area contributed by atoms with Gasteiger partial charge in [-0.2, -0.15) is 23.3 Å². The molecule has 3 aromatic carbocycles. The van der Waals surface area contributed by atoms with Crippen LogP contribution in [0.2, 0.25) is 0 Å². The summed E-state index contributed by atoms with van der Waals surface area (Å²) in [6.07, 6.45) is -1.92. The number of aromatic nitrogens is 4. The Morgan fingerprint density at radius 2 is 1.90 bits per heavy atom. The van der Waals surface area contributed by atoms with Crippen molar-refractivity contribution in [2.24, 2.45) is 7.05 Å². The molecule has 0 aliphatic carbocycles. The molecular formula is C31H28F3N7O. The standard InChI is InChI=1S/C31H28F3N7O/c1-18-6-7-21(27(42)13-19-4-3-5-23(12-19)31(32,33)34)15-26(18)38-28-25-17-36-30(39-29(25)41(2)40-28)37-24-9-8-20-10-11-35-16-22(20)14-24/h3-9,12,14-15,17,35H,10-11,13,16H2,1-2H3,(H,38,40)(H,36,37,39). The number of nitrogens with one attached hydrogen (secondary N) is 3. The van der Waals surface area contributed by atoms with E-state index in [1.165, 1.54) is 23.3 Å². The zero-order valence-electron chi connectivity index (χ0n) is 23.0. The lowest BCUT2D eigenvalue weighted by Gasteiger charge is -2.18. The largest absolute Gasteiger partial charge is 0.416 e. The van der Waals surface area contributed by atoms with E-state index in [2.05, 4.69) is 43.1 Å². The van der Waals surface area contributed by atoms with Crippen molar-refractivity contribution in [2.45, 2.75) is 32.5 Å². The Morgan fingerprint density at radius 3 is 2.74 bits per heavy atom. The first-order valence-corrected chi connectivity index (χ1v) is 13.5. The molecule has 0 saturated heterocycles. The van der Waals surface area contributed by atoms with Gasteiger partial charge in [-0.25, -0.2) is 9.67 Å². The molecule has 2 aromatic heterocycles. The number of anilines is 4. The average molecular weight is 572 g/mol. The van der Waals surface area contributed by atoms with Gasteiger partial charge in [0.2, 0.25) is 5.95 Å². The number of carbonyl (C=O) groups excluding carboxylic acids is 1. The Hall–Kier alpha value is -4.77. The van der Waals surface area contributed by atoms with Crippen molar-refractivity contribution in [1.29, 1.82) is 0 Å². The molecule has 42 heavy (non-hydrogen) atoms. The van der Waals surface area contributed by atoms with E-state index in [4.69, 9.17) is 0 Å². The van der Waals surface area contributed by atoms with Gasteiger partial charge in [0.1, 0.15) is 0 Å². The van der Waals surface area contributed by atoms with Gasteiger partial charge >= 0.3 is 6.18 Å². The molecule has 0 amide bonds. The van der Waals surface area contributed by atoms with Crippen molar-refractivity contribution < 1.29 is 18.0 Å². The minimum absolute atomic E-state index is 0.150. The lowest BCUT2D eigenvalue weighted by Crippen LogP contribution is -2.23. The summed E-state index contributed by atoms with van der Waals surface area (Å²) in [7, 11) is 1.79. The highest BCUT2D eigenvalue weighted by atomic mass is 19.4. The van der Waals surface area contributed by atoms with Crippen LogP contribution in [0.5, 0.6) is 0 Å². The maximum Gasteiger partial charge on any atom is 0.416 e. The smallest absolute Gasteiger partial charge is 0.338 e. The molecule has 0 atom stereocenters. The van der Waals surface area contributed by atoms with Crippen molar-refractivity contribution in [3.63, 3.8) is 0 Å². The van der Waals surface area contributed by atoms with Crippen LogP contribution < -0.4 is 16.0 Å². The normalized spacial score (nSPS) is 13.2. The fourth-order valence-electron chi connectivity index (χ4n) is 5.08. The summed E-state index contributed by atoms with van der Waals surface area (Å²) < 4.78 is 41.0. The molecule has 3 heterocycles. The van der Waals surface area contributed by atoms with Crippen LogP contribution in [0.15, 0.2) is 66.9 Å². The molecule has 214 valence electrons. The molecule has 0 saturated carbocycles. The number of alkyl halides is 3. The topological polar surface area (TPSA) is 96.8 Å². The number of fused-ring (bicyclic) bond motifs is 2. The molecule has 0 radical (unpaired) electrons. The Bertz CT molecular complexity index is 1810. The van der Waals surface area contributed by atoms with Crippen LogP contribution in [0.4, 0.5) is 36.3 Å². The lowest BCUT2D eigenvalue weighted by molar-refractivity contribution is -0.137. The van der Waals surface area contributed by atoms with E-state index in [0.29, 0.717) is 39.6 Å². The Balaban J connectivity index is 1.21. The first-order valence-electron chi connectivity index (χ1n) is 13.5. The number of rotatable bonds is 7. The number of nitrogens with zero attached hydrogens (tertiary/aromatic N) is 4. The van der Waals surface area contributed by atoms with E-state index in [1.54, 1.807) is 36.1 Å². The summed E-state index contributed by atoms with van der Waals surface area (Å²) in [6, 6.07) is 16.2. The number of hydrogen-bond acceptors (Lipinski definition) is 7. The van der Waals surface area contributed by atoms with E-state index in [0.717, 1.165) is 42.9 Å². The van der Waals surface area contributed by atoms with E-state index in [9.17, 15) is 18.0 Å². The quantitative estimate of drug-likeness (QED) is 0.199. The molecule has 0 bridgehead atoms. The highest BCUT2D eigenvalue weighted by Gasteiger charge is 2.30. The molecule has 0 spiro atoms. The van der Waals surface area contributed by atoms with Gasteiger partial charge in [0.05, 0.1) is 10.9 Å². The molecule has 8 nitrogen and oxygen atoms in total. The fourth-order valence-corrected chi connectivity index (χ4v) is 5.08. The van der Waals surface area contributed by atoms with Crippen molar-refractivity contribution >= 4 is 40.0 Å². The number of benzene rings is 3. The molecule has 1 aliphatic rings.